The maximum atomic E-state index is 13.0. The first-order valence-electron chi connectivity index (χ1n) is 9.72. The molecule has 8 heteroatoms. The molecule has 0 bridgehead atoms. The number of rotatable bonds is 7. The molecule has 4 aromatic rings. The average Bonchev–Trinajstić information content (AvgIpc) is 3.13. The predicted molar refractivity (Wildman–Crippen MR) is 118 cm³/mol. The number of amides is 1. The molecule has 0 aliphatic rings. The molecule has 0 aliphatic heterocycles. The Kier molecular flexibility index (Phi) is 6.47. The quantitative estimate of drug-likeness (QED) is 0.391. The van der Waals surface area contributed by atoms with E-state index in [1.807, 2.05) is 0 Å². The van der Waals surface area contributed by atoms with E-state index in [9.17, 15) is 13.6 Å². The molecule has 0 radical (unpaired) electrons. The van der Waals surface area contributed by atoms with Crippen LogP contribution in [0.25, 0.3) is 0 Å². The largest absolute Gasteiger partial charge is 0.489 e. The van der Waals surface area contributed by atoms with Crippen LogP contribution in [0, 0.1) is 11.6 Å². The van der Waals surface area contributed by atoms with Crippen molar-refractivity contribution in [2.75, 3.05) is 5.32 Å². The van der Waals surface area contributed by atoms with Crippen molar-refractivity contribution in [3.05, 3.63) is 112 Å². The first-order chi connectivity index (χ1) is 15.5. The average molecular weight is 454 g/mol. The maximum absolute atomic E-state index is 13.0. The number of carbonyl (C=O) groups excluding carboxylic acids is 1. The summed E-state index contributed by atoms with van der Waals surface area (Å²) >= 11 is 6.20. The SMILES string of the molecule is O=C(Nc1nn(Cc2ccc(F)cc2)cc1Cl)c1ccc(COc2ccc(F)cc2)cc1. The normalized spacial score (nSPS) is 10.7. The van der Waals surface area contributed by atoms with Gasteiger partial charge in [-0.3, -0.25) is 9.48 Å². The summed E-state index contributed by atoms with van der Waals surface area (Å²) in [6, 6.07) is 18.7. The van der Waals surface area contributed by atoms with E-state index in [-0.39, 0.29) is 30.0 Å². The zero-order chi connectivity index (χ0) is 22.5. The summed E-state index contributed by atoms with van der Waals surface area (Å²) in [5.41, 5.74) is 2.13. The van der Waals surface area contributed by atoms with Crippen molar-refractivity contribution in [3.8, 4) is 5.75 Å². The standard InChI is InChI=1S/C24H18ClF2N3O2/c25-22-14-30(13-16-3-7-19(26)8-4-16)29-23(22)28-24(31)18-5-1-17(2-6-18)15-32-21-11-9-20(27)10-12-21/h1-12,14H,13,15H2,(H,28,29,31). The highest BCUT2D eigenvalue weighted by molar-refractivity contribution is 6.33. The number of carbonyl (C=O) groups is 1. The van der Waals surface area contributed by atoms with Gasteiger partial charge in [-0.1, -0.05) is 35.9 Å². The summed E-state index contributed by atoms with van der Waals surface area (Å²) in [7, 11) is 0. The Bertz CT molecular complexity index is 1210. The lowest BCUT2D eigenvalue weighted by Gasteiger charge is -2.07. The van der Waals surface area contributed by atoms with Crippen LogP contribution in [-0.2, 0) is 13.2 Å². The fourth-order valence-corrected chi connectivity index (χ4v) is 3.17. The molecule has 3 aromatic carbocycles. The minimum Gasteiger partial charge on any atom is -0.489 e. The second kappa shape index (κ2) is 9.62. The van der Waals surface area contributed by atoms with E-state index in [0.717, 1.165) is 11.1 Å². The van der Waals surface area contributed by atoms with E-state index in [4.69, 9.17) is 16.3 Å². The van der Waals surface area contributed by atoms with Crippen molar-refractivity contribution in [1.29, 1.82) is 0 Å². The predicted octanol–water partition coefficient (Wildman–Crippen LogP) is 5.69. The Hall–Kier alpha value is -3.71. The lowest BCUT2D eigenvalue weighted by atomic mass is 10.1. The van der Waals surface area contributed by atoms with Crippen LogP contribution < -0.4 is 10.1 Å². The first kappa shape index (κ1) is 21.5. The number of halogens is 3. The van der Waals surface area contributed by atoms with Gasteiger partial charge in [0.2, 0.25) is 0 Å². The Morgan fingerprint density at radius 1 is 0.906 bits per heavy atom. The minimum atomic E-state index is -0.357. The summed E-state index contributed by atoms with van der Waals surface area (Å²) in [6.45, 7) is 0.672. The van der Waals surface area contributed by atoms with Crippen LogP contribution in [0.15, 0.2) is 79.0 Å². The van der Waals surface area contributed by atoms with Gasteiger partial charge in [-0.05, 0) is 59.7 Å². The van der Waals surface area contributed by atoms with Crippen molar-refractivity contribution in [2.24, 2.45) is 0 Å². The van der Waals surface area contributed by atoms with Gasteiger partial charge in [-0.15, -0.1) is 0 Å². The molecule has 32 heavy (non-hydrogen) atoms. The van der Waals surface area contributed by atoms with Gasteiger partial charge < -0.3 is 10.1 Å². The Labute approximate surface area is 188 Å². The van der Waals surface area contributed by atoms with Gasteiger partial charge in [0.25, 0.3) is 5.91 Å². The van der Waals surface area contributed by atoms with E-state index >= 15 is 0 Å². The van der Waals surface area contributed by atoms with Gasteiger partial charge in [-0.2, -0.15) is 5.10 Å². The lowest BCUT2D eigenvalue weighted by Crippen LogP contribution is -2.13. The van der Waals surface area contributed by atoms with Crippen molar-refractivity contribution in [2.45, 2.75) is 13.2 Å². The molecular weight excluding hydrogens is 436 g/mol. The molecule has 0 saturated heterocycles. The molecule has 0 atom stereocenters. The van der Waals surface area contributed by atoms with Crippen LogP contribution in [0.2, 0.25) is 5.02 Å². The number of aromatic nitrogens is 2. The zero-order valence-electron chi connectivity index (χ0n) is 16.8. The fourth-order valence-electron chi connectivity index (χ4n) is 2.97. The van der Waals surface area contributed by atoms with Crippen molar-refractivity contribution in [1.82, 2.24) is 9.78 Å². The topological polar surface area (TPSA) is 56.2 Å². The number of benzene rings is 3. The summed E-state index contributed by atoms with van der Waals surface area (Å²) < 4.78 is 33.2. The second-order valence-corrected chi connectivity index (χ2v) is 7.45. The third kappa shape index (κ3) is 5.50. The van der Waals surface area contributed by atoms with Crippen LogP contribution in [-0.4, -0.2) is 15.7 Å². The van der Waals surface area contributed by atoms with Gasteiger partial charge in [0.1, 0.15) is 29.0 Å². The molecule has 0 fully saturated rings. The van der Waals surface area contributed by atoms with Gasteiger partial charge in [-0.25, -0.2) is 8.78 Å². The summed E-state index contributed by atoms with van der Waals surface area (Å²) in [4.78, 5) is 12.6. The van der Waals surface area contributed by atoms with Crippen LogP contribution in [0.5, 0.6) is 5.75 Å². The highest BCUT2D eigenvalue weighted by atomic mass is 35.5. The molecule has 0 saturated carbocycles. The molecule has 1 heterocycles. The number of nitrogens with zero attached hydrogens (tertiary/aromatic N) is 2. The molecule has 0 unspecified atom stereocenters. The minimum absolute atomic E-state index is 0.238. The molecule has 5 nitrogen and oxygen atoms in total. The molecule has 1 N–H and O–H groups in total. The molecule has 4 rings (SSSR count). The Balaban J connectivity index is 1.35. The number of anilines is 1. The van der Waals surface area contributed by atoms with E-state index in [2.05, 4.69) is 10.4 Å². The molecular formula is C24H18ClF2N3O2. The zero-order valence-corrected chi connectivity index (χ0v) is 17.5. The molecule has 1 aromatic heterocycles. The number of ether oxygens (including phenoxy) is 1. The molecule has 0 aliphatic carbocycles. The van der Waals surface area contributed by atoms with Crippen LogP contribution in [0.4, 0.5) is 14.6 Å². The van der Waals surface area contributed by atoms with E-state index in [1.165, 1.54) is 24.3 Å². The molecule has 1 amide bonds. The van der Waals surface area contributed by atoms with Crippen molar-refractivity contribution < 1.29 is 18.3 Å². The number of nitrogens with one attached hydrogen (secondary N) is 1. The third-order valence-electron chi connectivity index (χ3n) is 4.64. The van der Waals surface area contributed by atoms with Crippen LogP contribution >= 0.6 is 11.6 Å². The number of hydrogen-bond acceptors (Lipinski definition) is 3. The van der Waals surface area contributed by atoms with Gasteiger partial charge in [0.05, 0.1) is 6.54 Å². The van der Waals surface area contributed by atoms with E-state index in [0.29, 0.717) is 22.9 Å². The third-order valence-corrected chi connectivity index (χ3v) is 4.92. The lowest BCUT2D eigenvalue weighted by molar-refractivity contribution is 0.102. The summed E-state index contributed by atoms with van der Waals surface area (Å²) in [5, 5.41) is 7.28. The highest BCUT2D eigenvalue weighted by Crippen LogP contribution is 2.21. The smallest absolute Gasteiger partial charge is 0.256 e. The van der Waals surface area contributed by atoms with Gasteiger partial charge in [0, 0.05) is 11.8 Å². The van der Waals surface area contributed by atoms with Crippen LogP contribution in [0.1, 0.15) is 21.5 Å². The van der Waals surface area contributed by atoms with E-state index < -0.39 is 0 Å². The van der Waals surface area contributed by atoms with Crippen molar-refractivity contribution >= 4 is 23.3 Å². The highest BCUT2D eigenvalue weighted by Gasteiger charge is 2.13. The maximum Gasteiger partial charge on any atom is 0.256 e. The fraction of sp³-hybridized carbons (Fsp3) is 0.0833. The van der Waals surface area contributed by atoms with Crippen LogP contribution in [0.3, 0.4) is 0 Å². The second-order valence-electron chi connectivity index (χ2n) is 7.04. The first-order valence-corrected chi connectivity index (χ1v) is 10.1. The molecule has 162 valence electrons. The molecule has 0 spiro atoms. The van der Waals surface area contributed by atoms with Gasteiger partial charge in [0.15, 0.2) is 5.82 Å². The summed E-state index contributed by atoms with van der Waals surface area (Å²) in [5.74, 6) is -0.201. The van der Waals surface area contributed by atoms with Crippen molar-refractivity contribution in [3.63, 3.8) is 0 Å². The summed E-state index contributed by atoms with van der Waals surface area (Å²) in [6.07, 6.45) is 1.59. The van der Waals surface area contributed by atoms with Gasteiger partial charge >= 0.3 is 0 Å². The Morgan fingerprint density at radius 3 is 2.16 bits per heavy atom. The van der Waals surface area contributed by atoms with E-state index in [1.54, 1.807) is 59.4 Å². The Morgan fingerprint density at radius 2 is 1.50 bits per heavy atom. The monoisotopic (exact) mass is 453 g/mol. The number of hydrogen-bond donors (Lipinski definition) is 1.